The molecule has 1 N–H and O–H groups in total. The smallest absolute Gasteiger partial charge is 0.320 e. The first kappa shape index (κ1) is 14.2. The first-order valence-corrected chi connectivity index (χ1v) is 5.63. The number of carbonyl (C=O) groups excluding carboxylic acids is 1. The van der Waals surface area contributed by atoms with Gasteiger partial charge in [0.05, 0.1) is 6.54 Å². The minimum absolute atomic E-state index is 0.0414. The van der Waals surface area contributed by atoms with Crippen LogP contribution in [-0.2, 0) is 20.9 Å². The summed E-state index contributed by atoms with van der Waals surface area (Å²) in [6, 6.07) is 8.61. The van der Waals surface area contributed by atoms with Gasteiger partial charge < -0.3 is 9.84 Å². The number of hydrogen-bond donors (Lipinski definition) is 1. The van der Waals surface area contributed by atoms with Crippen molar-refractivity contribution >= 4 is 11.9 Å². The molecule has 5 nitrogen and oxygen atoms in total. The van der Waals surface area contributed by atoms with Crippen LogP contribution in [0.1, 0.15) is 12.5 Å². The van der Waals surface area contributed by atoms with Crippen molar-refractivity contribution in [3.05, 3.63) is 35.9 Å². The first-order valence-electron chi connectivity index (χ1n) is 5.63. The number of rotatable bonds is 6. The normalized spacial score (nSPS) is 12.2. The van der Waals surface area contributed by atoms with Crippen LogP contribution in [0.4, 0.5) is 0 Å². The molecule has 0 unspecified atom stereocenters. The van der Waals surface area contributed by atoms with E-state index < -0.39 is 18.0 Å². The Morgan fingerprint density at radius 2 is 1.94 bits per heavy atom. The van der Waals surface area contributed by atoms with Crippen LogP contribution < -0.4 is 0 Å². The molecule has 98 valence electrons. The van der Waals surface area contributed by atoms with Crippen LogP contribution in [0, 0.1) is 0 Å². The fourth-order valence-electron chi connectivity index (χ4n) is 1.31. The summed E-state index contributed by atoms with van der Waals surface area (Å²) >= 11 is 0. The largest absolute Gasteiger partial charge is 0.480 e. The Bertz CT molecular complexity index is 405. The Morgan fingerprint density at radius 1 is 1.33 bits per heavy atom. The summed E-state index contributed by atoms with van der Waals surface area (Å²) < 4.78 is 5.06. The van der Waals surface area contributed by atoms with Crippen molar-refractivity contribution in [3.8, 4) is 0 Å². The van der Waals surface area contributed by atoms with Gasteiger partial charge in [0, 0.05) is 0 Å². The van der Waals surface area contributed by atoms with Crippen LogP contribution in [0.3, 0.4) is 0 Å². The highest BCUT2D eigenvalue weighted by Gasteiger charge is 2.19. The maximum Gasteiger partial charge on any atom is 0.320 e. The van der Waals surface area contributed by atoms with Crippen molar-refractivity contribution < 1.29 is 19.4 Å². The second-order valence-corrected chi connectivity index (χ2v) is 4.08. The summed E-state index contributed by atoms with van der Waals surface area (Å²) in [6.07, 6.45) is 0. The molecule has 1 rings (SSSR count). The number of esters is 1. The number of ether oxygens (including phenoxy) is 1. The van der Waals surface area contributed by atoms with Crippen molar-refractivity contribution in [2.45, 2.75) is 19.6 Å². The predicted octanol–water partition coefficient (Wildman–Crippen LogP) is 1.13. The average molecular weight is 251 g/mol. The molecule has 0 aromatic heterocycles. The molecule has 18 heavy (non-hydrogen) atoms. The lowest BCUT2D eigenvalue weighted by Crippen LogP contribution is -2.39. The molecule has 0 aliphatic rings. The first-order chi connectivity index (χ1) is 8.50. The molecule has 0 aliphatic heterocycles. The van der Waals surface area contributed by atoms with Crippen molar-refractivity contribution in [3.63, 3.8) is 0 Å². The SMILES string of the molecule is C[C@@H](C(=O)O)N(C)CC(=O)OCc1ccccc1. The molecule has 0 aliphatic carbocycles. The molecular weight excluding hydrogens is 234 g/mol. The van der Waals surface area contributed by atoms with Gasteiger partial charge in [-0.3, -0.25) is 14.5 Å². The summed E-state index contributed by atoms with van der Waals surface area (Å²) in [7, 11) is 1.57. The second kappa shape index (κ2) is 6.76. The van der Waals surface area contributed by atoms with E-state index in [-0.39, 0.29) is 13.2 Å². The van der Waals surface area contributed by atoms with Crippen LogP contribution >= 0.6 is 0 Å². The van der Waals surface area contributed by atoms with Crippen molar-refractivity contribution in [1.29, 1.82) is 0 Å². The molecule has 0 saturated carbocycles. The number of carbonyl (C=O) groups is 2. The van der Waals surface area contributed by atoms with Crippen LogP contribution in [0.15, 0.2) is 30.3 Å². The van der Waals surface area contributed by atoms with E-state index >= 15 is 0 Å². The average Bonchev–Trinajstić information content (AvgIpc) is 2.36. The van der Waals surface area contributed by atoms with Gasteiger partial charge in [-0.15, -0.1) is 0 Å². The predicted molar refractivity (Wildman–Crippen MR) is 66.0 cm³/mol. The van der Waals surface area contributed by atoms with Gasteiger partial charge in [-0.1, -0.05) is 30.3 Å². The Hall–Kier alpha value is -1.88. The summed E-state index contributed by atoms with van der Waals surface area (Å²) in [5.74, 6) is -1.40. The Morgan fingerprint density at radius 3 is 2.50 bits per heavy atom. The molecule has 0 bridgehead atoms. The zero-order chi connectivity index (χ0) is 13.5. The van der Waals surface area contributed by atoms with E-state index in [2.05, 4.69) is 0 Å². The lowest BCUT2D eigenvalue weighted by atomic mass is 10.2. The van der Waals surface area contributed by atoms with Crippen molar-refractivity contribution in [2.75, 3.05) is 13.6 Å². The van der Waals surface area contributed by atoms with Crippen LogP contribution in [-0.4, -0.2) is 41.6 Å². The minimum atomic E-state index is -0.964. The monoisotopic (exact) mass is 251 g/mol. The molecular formula is C13H17NO4. The standard InChI is InChI=1S/C13H17NO4/c1-10(13(16)17)14(2)8-12(15)18-9-11-6-4-3-5-7-11/h3-7,10H,8-9H2,1-2H3,(H,16,17)/t10-/m0/s1. The van der Waals surface area contributed by atoms with Gasteiger partial charge in [-0.05, 0) is 19.5 Å². The quantitative estimate of drug-likeness (QED) is 0.768. The fourth-order valence-corrected chi connectivity index (χ4v) is 1.31. The van der Waals surface area contributed by atoms with Crippen LogP contribution in [0.5, 0.6) is 0 Å². The van der Waals surface area contributed by atoms with E-state index in [9.17, 15) is 9.59 Å². The lowest BCUT2D eigenvalue weighted by molar-refractivity contribution is -0.149. The maximum atomic E-state index is 11.5. The number of benzene rings is 1. The highest BCUT2D eigenvalue weighted by molar-refractivity contribution is 5.75. The summed E-state index contributed by atoms with van der Waals surface area (Å²) in [6.45, 7) is 1.68. The molecule has 1 aromatic rings. The molecule has 0 radical (unpaired) electrons. The number of likely N-dealkylation sites (N-methyl/N-ethyl adjacent to an activating group) is 1. The number of carboxylic acid groups (broad SMARTS) is 1. The van der Waals surface area contributed by atoms with Crippen molar-refractivity contribution in [1.82, 2.24) is 4.90 Å². The molecule has 0 heterocycles. The zero-order valence-corrected chi connectivity index (χ0v) is 10.5. The van der Waals surface area contributed by atoms with Gasteiger partial charge in [-0.25, -0.2) is 0 Å². The third kappa shape index (κ3) is 4.55. The number of aliphatic carboxylic acids is 1. The van der Waals surface area contributed by atoms with E-state index in [0.717, 1.165) is 5.56 Å². The molecule has 1 aromatic carbocycles. The molecule has 0 spiro atoms. The molecule has 1 atom stereocenters. The van der Waals surface area contributed by atoms with Gasteiger partial charge >= 0.3 is 11.9 Å². The second-order valence-electron chi connectivity index (χ2n) is 4.08. The lowest BCUT2D eigenvalue weighted by Gasteiger charge is -2.19. The summed E-state index contributed by atoms with van der Waals surface area (Å²) in [5.41, 5.74) is 0.903. The zero-order valence-electron chi connectivity index (χ0n) is 10.5. The third-order valence-corrected chi connectivity index (χ3v) is 2.64. The third-order valence-electron chi connectivity index (χ3n) is 2.64. The Labute approximate surface area is 106 Å². The van der Waals surface area contributed by atoms with Gasteiger partial charge in [0.15, 0.2) is 0 Å². The Balaban J connectivity index is 2.36. The van der Waals surface area contributed by atoms with E-state index in [1.165, 1.54) is 11.8 Å². The number of hydrogen-bond acceptors (Lipinski definition) is 4. The van der Waals surface area contributed by atoms with E-state index in [4.69, 9.17) is 9.84 Å². The van der Waals surface area contributed by atoms with E-state index in [1.54, 1.807) is 7.05 Å². The highest BCUT2D eigenvalue weighted by atomic mass is 16.5. The van der Waals surface area contributed by atoms with E-state index in [0.29, 0.717) is 0 Å². The van der Waals surface area contributed by atoms with Crippen molar-refractivity contribution in [2.24, 2.45) is 0 Å². The summed E-state index contributed by atoms with van der Waals surface area (Å²) in [4.78, 5) is 23.6. The minimum Gasteiger partial charge on any atom is -0.480 e. The van der Waals surface area contributed by atoms with Gasteiger partial charge in [0.2, 0.25) is 0 Å². The molecule has 0 saturated heterocycles. The van der Waals surface area contributed by atoms with E-state index in [1.807, 2.05) is 30.3 Å². The van der Waals surface area contributed by atoms with Crippen LogP contribution in [0.2, 0.25) is 0 Å². The van der Waals surface area contributed by atoms with Crippen LogP contribution in [0.25, 0.3) is 0 Å². The number of carboxylic acids is 1. The fraction of sp³-hybridized carbons (Fsp3) is 0.385. The van der Waals surface area contributed by atoms with Gasteiger partial charge in [0.25, 0.3) is 0 Å². The maximum absolute atomic E-state index is 11.5. The Kier molecular flexibility index (Phi) is 5.32. The summed E-state index contributed by atoms with van der Waals surface area (Å²) in [5, 5.41) is 8.78. The molecule has 5 heteroatoms. The highest BCUT2D eigenvalue weighted by Crippen LogP contribution is 2.02. The molecule has 0 fully saturated rings. The molecule has 0 amide bonds. The topological polar surface area (TPSA) is 66.8 Å². The van der Waals surface area contributed by atoms with Gasteiger partial charge in [-0.2, -0.15) is 0 Å². The van der Waals surface area contributed by atoms with Gasteiger partial charge in [0.1, 0.15) is 12.6 Å². The number of nitrogens with zero attached hydrogens (tertiary/aromatic N) is 1.